The third kappa shape index (κ3) is 6.56. The zero-order chi connectivity index (χ0) is 30.6. The van der Waals surface area contributed by atoms with Gasteiger partial charge in [-0.1, -0.05) is 43.3 Å². The Kier molecular flexibility index (Phi) is 8.27. The van der Waals surface area contributed by atoms with Gasteiger partial charge in [0.05, 0.1) is 16.6 Å². The van der Waals surface area contributed by atoms with Crippen molar-refractivity contribution in [2.75, 3.05) is 10.6 Å². The molecule has 0 spiro atoms. The third-order valence-corrected chi connectivity index (χ3v) is 8.96. The first kappa shape index (κ1) is 28.9. The van der Waals surface area contributed by atoms with E-state index in [1.165, 1.54) is 41.3 Å². The van der Waals surface area contributed by atoms with E-state index >= 15 is 0 Å². The Morgan fingerprint density at radius 2 is 1.55 bits per heavy atom. The summed E-state index contributed by atoms with van der Waals surface area (Å²) in [7, 11) is 0. The number of nitrogens with one attached hydrogen (secondary N) is 2. The molecule has 0 saturated heterocycles. The molecule has 6 rings (SSSR count). The van der Waals surface area contributed by atoms with Crippen LogP contribution in [0, 0.1) is 0 Å². The fourth-order valence-electron chi connectivity index (χ4n) is 4.76. The summed E-state index contributed by atoms with van der Waals surface area (Å²) in [5.41, 5.74) is 5.12. The fraction of sp³-hybridized carbons (Fsp3) is 0.0882. The van der Waals surface area contributed by atoms with Crippen molar-refractivity contribution in [3.8, 4) is 33.4 Å². The molecule has 0 radical (unpaired) electrons. The van der Waals surface area contributed by atoms with Gasteiger partial charge in [-0.25, -0.2) is 4.98 Å². The van der Waals surface area contributed by atoms with Crippen LogP contribution in [0.15, 0.2) is 106 Å². The molecule has 0 aliphatic heterocycles. The van der Waals surface area contributed by atoms with Crippen LogP contribution in [-0.4, -0.2) is 27.0 Å². The zero-order valence-corrected chi connectivity index (χ0v) is 25.1. The summed E-state index contributed by atoms with van der Waals surface area (Å²) >= 11 is 2.96. The number of oxazole rings is 1. The van der Waals surface area contributed by atoms with Crippen LogP contribution in [0.4, 0.5) is 11.4 Å². The smallest absolute Gasteiger partial charge is 0.293 e. The molecule has 0 aliphatic rings. The number of rotatable bonds is 9. The van der Waals surface area contributed by atoms with E-state index in [1.807, 2.05) is 11.4 Å². The van der Waals surface area contributed by atoms with Gasteiger partial charge in [0.15, 0.2) is 0 Å². The molecule has 3 aromatic carbocycles. The molecule has 0 bridgehead atoms. The molecule has 6 aromatic rings. The maximum atomic E-state index is 12.7. The van der Waals surface area contributed by atoms with Gasteiger partial charge in [-0.05, 0) is 70.8 Å². The average molecular weight is 622 g/mol. The highest BCUT2D eigenvalue weighted by atomic mass is 32.1. The molecule has 220 valence electrons. The number of benzene rings is 3. The summed E-state index contributed by atoms with van der Waals surface area (Å²) in [5, 5.41) is 28.8. The Hall–Kier alpha value is -5.19. The van der Waals surface area contributed by atoms with E-state index in [0.717, 1.165) is 28.0 Å². The monoisotopic (exact) mass is 621 g/mol. The van der Waals surface area contributed by atoms with Crippen molar-refractivity contribution >= 4 is 45.9 Å². The first-order chi connectivity index (χ1) is 21.3. The molecule has 0 saturated carbocycles. The highest BCUT2D eigenvalue weighted by Gasteiger charge is 2.19. The first-order valence-electron chi connectivity index (χ1n) is 13.7. The van der Waals surface area contributed by atoms with Gasteiger partial charge in [-0.3, -0.25) is 9.59 Å². The van der Waals surface area contributed by atoms with Gasteiger partial charge in [0.2, 0.25) is 11.7 Å². The second kappa shape index (κ2) is 12.6. The first-order valence-corrected chi connectivity index (χ1v) is 15.5. The molecule has 2 amide bonds. The Morgan fingerprint density at radius 1 is 0.864 bits per heavy atom. The topological polar surface area (TPSA) is 125 Å². The Bertz CT molecular complexity index is 1940. The number of hydrogen-bond donors (Lipinski definition) is 4. The molecule has 4 N–H and O–H groups in total. The minimum atomic E-state index is -0.449. The predicted octanol–water partition coefficient (Wildman–Crippen LogP) is 8.39. The van der Waals surface area contributed by atoms with E-state index in [4.69, 9.17) is 4.42 Å². The summed E-state index contributed by atoms with van der Waals surface area (Å²) in [6.45, 7) is 2.16. The Labute approximate surface area is 261 Å². The Morgan fingerprint density at radius 3 is 2.23 bits per heavy atom. The Balaban J connectivity index is 1.10. The number of hydrogen-bond acceptors (Lipinski definition) is 8. The number of aromatic nitrogens is 1. The number of anilines is 2. The number of amides is 2. The van der Waals surface area contributed by atoms with Crippen molar-refractivity contribution in [1.29, 1.82) is 0 Å². The van der Waals surface area contributed by atoms with Crippen molar-refractivity contribution in [3.63, 3.8) is 0 Å². The molecule has 0 aliphatic carbocycles. The molecule has 8 nitrogen and oxygen atoms in total. The van der Waals surface area contributed by atoms with E-state index in [1.54, 1.807) is 47.7 Å². The lowest BCUT2D eigenvalue weighted by molar-refractivity contribution is 0.0995. The van der Waals surface area contributed by atoms with Crippen LogP contribution in [0.3, 0.4) is 0 Å². The SMILES string of the molecule is CC(Cc1cscc1-c1ncc(C(=O)Nc2cccc(O)c2)o1)c1ccc(-c2ccc(C(=O)Nc3cccc(O)c3)s2)cc1. The number of thiophene rings is 2. The number of phenols is 2. The molecular formula is C34H27N3O5S2. The maximum absolute atomic E-state index is 12.7. The van der Waals surface area contributed by atoms with Gasteiger partial charge < -0.3 is 25.3 Å². The van der Waals surface area contributed by atoms with Crippen molar-refractivity contribution in [2.45, 2.75) is 19.3 Å². The van der Waals surface area contributed by atoms with E-state index in [-0.39, 0.29) is 29.1 Å². The lowest BCUT2D eigenvalue weighted by Crippen LogP contribution is -2.10. The largest absolute Gasteiger partial charge is 0.508 e. The van der Waals surface area contributed by atoms with E-state index in [9.17, 15) is 19.8 Å². The van der Waals surface area contributed by atoms with Crippen molar-refractivity contribution in [3.05, 3.63) is 124 Å². The zero-order valence-electron chi connectivity index (χ0n) is 23.5. The van der Waals surface area contributed by atoms with Crippen LogP contribution >= 0.6 is 22.7 Å². The number of phenolic OH excluding ortho intramolecular Hbond substituents is 2. The molecule has 3 heterocycles. The van der Waals surface area contributed by atoms with Crippen molar-refractivity contribution in [2.24, 2.45) is 0 Å². The molecule has 44 heavy (non-hydrogen) atoms. The van der Waals surface area contributed by atoms with Crippen LogP contribution in [0.5, 0.6) is 11.5 Å². The number of aromatic hydroxyl groups is 2. The summed E-state index contributed by atoms with van der Waals surface area (Å²) in [4.78, 5) is 31.3. The van der Waals surface area contributed by atoms with Crippen molar-refractivity contribution < 1.29 is 24.2 Å². The van der Waals surface area contributed by atoms with Gasteiger partial charge in [0.1, 0.15) is 11.5 Å². The fourth-order valence-corrected chi connectivity index (χ4v) is 6.51. The third-order valence-electron chi connectivity index (χ3n) is 7.03. The molecule has 3 aromatic heterocycles. The number of carbonyl (C=O) groups excluding carboxylic acids is 2. The van der Waals surface area contributed by atoms with Crippen LogP contribution in [0.25, 0.3) is 21.9 Å². The van der Waals surface area contributed by atoms with Gasteiger partial charge in [-0.2, -0.15) is 11.3 Å². The van der Waals surface area contributed by atoms with Crippen LogP contribution in [0.2, 0.25) is 0 Å². The molecule has 1 atom stereocenters. The minimum Gasteiger partial charge on any atom is -0.508 e. The normalized spacial score (nSPS) is 11.7. The summed E-state index contributed by atoms with van der Waals surface area (Å²) in [6, 6.07) is 24.8. The lowest BCUT2D eigenvalue weighted by Gasteiger charge is -2.13. The standard InChI is InChI=1S/C34H27N3O5S2/c1-20(14-23-18-43-19-28(23)34-35-17-29(42-34)32(40)36-24-4-2-6-26(38)15-24)21-8-10-22(11-9-21)30-12-13-31(44-30)33(41)37-25-5-3-7-27(39)16-25/h2-13,15-20,38-39H,14H2,1H3,(H,36,40)(H,37,41). The quantitative estimate of drug-likeness (QED) is 0.129. The van der Waals surface area contributed by atoms with E-state index in [2.05, 4.69) is 52.2 Å². The minimum absolute atomic E-state index is 0.0556. The van der Waals surface area contributed by atoms with Crippen LogP contribution in [0.1, 0.15) is 44.2 Å². The summed E-state index contributed by atoms with van der Waals surface area (Å²) < 4.78 is 5.82. The lowest BCUT2D eigenvalue weighted by atomic mass is 9.92. The van der Waals surface area contributed by atoms with Gasteiger partial charge in [0.25, 0.3) is 11.8 Å². The maximum Gasteiger partial charge on any atom is 0.293 e. The predicted molar refractivity (Wildman–Crippen MR) is 174 cm³/mol. The molecular weight excluding hydrogens is 595 g/mol. The second-order valence-electron chi connectivity index (χ2n) is 10.2. The summed E-state index contributed by atoms with van der Waals surface area (Å²) in [6.07, 6.45) is 2.16. The van der Waals surface area contributed by atoms with Gasteiger partial charge in [0, 0.05) is 33.8 Å². The number of carbonyl (C=O) groups is 2. The number of nitrogens with zero attached hydrogens (tertiary/aromatic N) is 1. The van der Waals surface area contributed by atoms with Gasteiger partial charge in [-0.15, -0.1) is 11.3 Å². The van der Waals surface area contributed by atoms with Crippen LogP contribution in [-0.2, 0) is 6.42 Å². The molecule has 1 unspecified atom stereocenters. The van der Waals surface area contributed by atoms with Gasteiger partial charge >= 0.3 is 0 Å². The highest BCUT2D eigenvalue weighted by molar-refractivity contribution is 7.17. The van der Waals surface area contributed by atoms with E-state index < -0.39 is 5.91 Å². The average Bonchev–Trinajstić information content (AvgIpc) is 3.79. The van der Waals surface area contributed by atoms with E-state index in [0.29, 0.717) is 22.1 Å². The molecule has 10 heteroatoms. The van der Waals surface area contributed by atoms with Crippen molar-refractivity contribution in [1.82, 2.24) is 4.98 Å². The second-order valence-corrected chi connectivity index (χ2v) is 12.1. The summed E-state index contributed by atoms with van der Waals surface area (Å²) in [5.74, 6) is 0.142. The highest BCUT2D eigenvalue weighted by Crippen LogP contribution is 2.34. The van der Waals surface area contributed by atoms with Crippen LogP contribution < -0.4 is 10.6 Å². The molecule has 0 fully saturated rings.